The number of hydrogen-bond donors (Lipinski definition) is 0. The Morgan fingerprint density at radius 2 is 1.79 bits per heavy atom. The van der Waals surface area contributed by atoms with Gasteiger partial charge in [0.05, 0.1) is 11.3 Å². The van der Waals surface area contributed by atoms with Gasteiger partial charge in [-0.25, -0.2) is 4.39 Å². The molecule has 0 bridgehead atoms. The third kappa shape index (κ3) is 5.58. The van der Waals surface area contributed by atoms with Crippen LogP contribution in [0.15, 0.2) is 30.5 Å². The van der Waals surface area contributed by atoms with E-state index in [0.29, 0.717) is 62.6 Å². The average Bonchev–Trinajstić information content (AvgIpc) is 3.22. The summed E-state index contributed by atoms with van der Waals surface area (Å²) in [7, 11) is 2.06. The van der Waals surface area contributed by atoms with E-state index in [1.807, 2.05) is 23.6 Å². The number of benzene rings is 1. The minimum Gasteiger partial charge on any atom is -0.490 e. The van der Waals surface area contributed by atoms with Crippen molar-refractivity contribution in [3.63, 3.8) is 0 Å². The van der Waals surface area contributed by atoms with Gasteiger partial charge >= 0.3 is 0 Å². The van der Waals surface area contributed by atoms with Crippen LogP contribution in [0.25, 0.3) is 0 Å². The van der Waals surface area contributed by atoms with Gasteiger partial charge in [0.15, 0.2) is 0 Å². The Balaban J connectivity index is 1.49. The summed E-state index contributed by atoms with van der Waals surface area (Å²) in [6.07, 6.45) is 2.48. The van der Waals surface area contributed by atoms with E-state index >= 15 is 0 Å². The van der Waals surface area contributed by atoms with Crippen molar-refractivity contribution in [2.75, 3.05) is 46.3 Å². The second-order valence-corrected chi connectivity index (χ2v) is 9.28. The van der Waals surface area contributed by atoms with Crippen molar-refractivity contribution in [2.24, 2.45) is 5.92 Å². The highest BCUT2D eigenvalue weighted by atomic mass is 19.1. The average molecular weight is 472 g/mol. The lowest BCUT2D eigenvalue weighted by atomic mass is 9.90. The topological polar surface area (TPSA) is 70.9 Å². The van der Waals surface area contributed by atoms with Gasteiger partial charge in [0.1, 0.15) is 17.7 Å². The Morgan fingerprint density at radius 3 is 2.44 bits per heavy atom. The van der Waals surface area contributed by atoms with Gasteiger partial charge in [-0.1, -0.05) is 0 Å². The third-order valence-corrected chi connectivity index (χ3v) is 6.85. The number of piperidine rings is 1. The van der Waals surface area contributed by atoms with Crippen LogP contribution in [0.2, 0.25) is 0 Å². The maximum atomic E-state index is 13.3. The smallest absolute Gasteiger partial charge is 0.257 e. The summed E-state index contributed by atoms with van der Waals surface area (Å²) < 4.78 is 21.3. The maximum Gasteiger partial charge on any atom is 0.257 e. The van der Waals surface area contributed by atoms with Crippen LogP contribution >= 0.6 is 0 Å². The number of halogens is 1. The molecule has 0 spiro atoms. The first kappa shape index (κ1) is 24.2. The summed E-state index contributed by atoms with van der Waals surface area (Å²) in [6.45, 7) is 8.63. The summed E-state index contributed by atoms with van der Waals surface area (Å²) >= 11 is 0. The van der Waals surface area contributed by atoms with E-state index in [2.05, 4.69) is 17.0 Å². The number of aryl methyl sites for hydroxylation is 2. The number of nitrogens with zero attached hydrogens (tertiary/aromatic N) is 5. The normalized spacial score (nSPS) is 21.5. The van der Waals surface area contributed by atoms with Crippen LogP contribution in [-0.2, 0) is 11.3 Å². The fourth-order valence-electron chi connectivity index (χ4n) is 4.70. The lowest BCUT2D eigenvalue weighted by Crippen LogP contribution is -2.51. The lowest BCUT2D eigenvalue weighted by Gasteiger charge is -2.40. The number of likely N-dealkylation sites (tertiary alicyclic amines) is 1. The number of amides is 2. The summed E-state index contributed by atoms with van der Waals surface area (Å²) in [5, 5.41) is 4.41. The lowest BCUT2D eigenvalue weighted by molar-refractivity contribution is -0.135. The molecule has 9 heteroatoms. The quantitative estimate of drug-likeness (QED) is 0.647. The van der Waals surface area contributed by atoms with Crippen molar-refractivity contribution >= 4 is 11.8 Å². The fraction of sp³-hybridized carbons (Fsp3) is 0.560. The molecule has 0 aliphatic carbocycles. The van der Waals surface area contributed by atoms with E-state index in [4.69, 9.17) is 4.74 Å². The summed E-state index contributed by atoms with van der Waals surface area (Å²) in [6, 6.07) is 5.95. The van der Waals surface area contributed by atoms with Gasteiger partial charge in [-0.15, -0.1) is 0 Å². The second-order valence-electron chi connectivity index (χ2n) is 9.28. The SMILES string of the molecule is CCn1cc(C(=O)N2CC[C@H](Oc3ccc(F)cc3)[C@@H](CC(=O)N3CCN(C)CC3)C2)c(C)n1. The number of hydrogen-bond acceptors (Lipinski definition) is 5. The Hall–Kier alpha value is -2.94. The monoisotopic (exact) mass is 471 g/mol. The van der Waals surface area contributed by atoms with Crippen LogP contribution in [0.1, 0.15) is 35.8 Å². The largest absolute Gasteiger partial charge is 0.490 e. The van der Waals surface area contributed by atoms with Gasteiger partial charge in [-0.3, -0.25) is 14.3 Å². The number of rotatable bonds is 6. The molecule has 4 rings (SSSR count). The van der Waals surface area contributed by atoms with Crippen LogP contribution in [0.3, 0.4) is 0 Å². The van der Waals surface area contributed by atoms with Gasteiger partial charge in [0, 0.05) is 70.8 Å². The molecule has 184 valence electrons. The Labute approximate surface area is 200 Å². The molecule has 2 aromatic rings. The van der Waals surface area contributed by atoms with Crippen molar-refractivity contribution in [2.45, 2.75) is 39.3 Å². The van der Waals surface area contributed by atoms with Crippen molar-refractivity contribution in [3.8, 4) is 5.75 Å². The Bertz CT molecular complexity index is 1000. The molecule has 0 saturated carbocycles. The number of piperazine rings is 1. The van der Waals surface area contributed by atoms with E-state index in [9.17, 15) is 14.0 Å². The number of aromatic nitrogens is 2. The van der Waals surface area contributed by atoms with Crippen molar-refractivity contribution < 1.29 is 18.7 Å². The van der Waals surface area contributed by atoms with Crippen molar-refractivity contribution in [1.82, 2.24) is 24.5 Å². The van der Waals surface area contributed by atoms with Gasteiger partial charge in [0.2, 0.25) is 5.91 Å². The first-order valence-corrected chi connectivity index (χ1v) is 12.1. The van der Waals surface area contributed by atoms with Gasteiger partial charge in [-0.05, 0) is 45.2 Å². The highest BCUT2D eigenvalue weighted by Crippen LogP contribution is 2.28. The van der Waals surface area contributed by atoms with Gasteiger partial charge in [0.25, 0.3) is 5.91 Å². The molecule has 0 radical (unpaired) electrons. The van der Waals surface area contributed by atoms with Gasteiger partial charge < -0.3 is 19.4 Å². The molecule has 3 heterocycles. The fourth-order valence-corrected chi connectivity index (χ4v) is 4.70. The highest BCUT2D eigenvalue weighted by Gasteiger charge is 2.36. The number of carbonyl (C=O) groups is 2. The number of carbonyl (C=O) groups excluding carboxylic acids is 2. The van der Waals surface area contributed by atoms with Crippen LogP contribution < -0.4 is 4.74 Å². The minimum absolute atomic E-state index is 0.0607. The predicted octanol–water partition coefficient (Wildman–Crippen LogP) is 2.42. The molecule has 8 nitrogen and oxygen atoms in total. The Morgan fingerprint density at radius 1 is 1.09 bits per heavy atom. The molecule has 2 atom stereocenters. The van der Waals surface area contributed by atoms with Crippen LogP contribution in [0.5, 0.6) is 5.75 Å². The van der Waals surface area contributed by atoms with E-state index in [0.717, 1.165) is 13.1 Å². The molecular weight excluding hydrogens is 437 g/mol. The van der Waals surface area contributed by atoms with Crippen LogP contribution in [0, 0.1) is 18.7 Å². The molecular formula is C25H34FN5O3. The number of likely N-dealkylation sites (N-methyl/N-ethyl adjacent to an activating group) is 1. The molecule has 2 fully saturated rings. The van der Waals surface area contributed by atoms with E-state index in [-0.39, 0.29) is 29.7 Å². The molecule has 34 heavy (non-hydrogen) atoms. The molecule has 2 saturated heterocycles. The molecule has 1 aromatic heterocycles. The molecule has 2 amide bonds. The zero-order valence-corrected chi connectivity index (χ0v) is 20.2. The molecule has 0 unspecified atom stereocenters. The van der Waals surface area contributed by atoms with Crippen molar-refractivity contribution in [1.29, 1.82) is 0 Å². The second kappa shape index (κ2) is 10.5. The highest BCUT2D eigenvalue weighted by molar-refractivity contribution is 5.95. The van der Waals surface area contributed by atoms with Crippen molar-refractivity contribution in [3.05, 3.63) is 47.5 Å². The standard InChI is InChI=1S/C25H34FN5O3/c1-4-31-17-22(18(2)27-31)25(33)30-10-9-23(34-21-7-5-20(26)6-8-21)19(16-30)15-24(32)29-13-11-28(3)12-14-29/h5-8,17,19,23H,4,9-16H2,1-3H3/t19-,23-/m0/s1. The first-order chi connectivity index (χ1) is 16.3. The molecule has 2 aliphatic heterocycles. The molecule has 2 aliphatic rings. The molecule has 1 aromatic carbocycles. The van der Waals surface area contributed by atoms with E-state index in [1.54, 1.807) is 23.0 Å². The van der Waals surface area contributed by atoms with E-state index in [1.165, 1.54) is 12.1 Å². The van der Waals surface area contributed by atoms with Crippen LogP contribution in [-0.4, -0.2) is 88.7 Å². The first-order valence-electron chi connectivity index (χ1n) is 12.1. The van der Waals surface area contributed by atoms with Gasteiger partial charge in [-0.2, -0.15) is 5.10 Å². The molecule has 0 N–H and O–H groups in total. The van der Waals surface area contributed by atoms with Crippen LogP contribution in [0.4, 0.5) is 4.39 Å². The Kier molecular flexibility index (Phi) is 7.50. The summed E-state index contributed by atoms with van der Waals surface area (Å²) in [5.41, 5.74) is 1.31. The predicted molar refractivity (Wildman–Crippen MR) is 126 cm³/mol. The number of ether oxygens (including phenoxy) is 1. The minimum atomic E-state index is -0.322. The zero-order valence-electron chi connectivity index (χ0n) is 20.2. The van der Waals surface area contributed by atoms with E-state index < -0.39 is 0 Å². The maximum absolute atomic E-state index is 13.3. The third-order valence-electron chi connectivity index (χ3n) is 6.85. The zero-order chi connectivity index (χ0) is 24.2. The summed E-state index contributed by atoms with van der Waals surface area (Å²) in [5.74, 6) is 0.127. The summed E-state index contributed by atoms with van der Waals surface area (Å²) in [4.78, 5) is 32.4.